The maximum atomic E-state index is 13.9. The molecule has 0 saturated carbocycles. The number of carbonyl (C=O) groups is 2. The van der Waals surface area contributed by atoms with E-state index in [1.54, 1.807) is 32.9 Å². The molecule has 0 spiro atoms. The minimum atomic E-state index is -2.13. The fourth-order valence-electron chi connectivity index (χ4n) is 1.33. The Hall–Kier alpha value is -0.550. The van der Waals surface area contributed by atoms with Gasteiger partial charge in [0.15, 0.2) is 5.78 Å². The molecular formula is C13H13Br2FO2. The molecule has 0 aromatic heterocycles. The summed E-state index contributed by atoms with van der Waals surface area (Å²) in [6.07, 6.45) is -2.13. The van der Waals surface area contributed by atoms with Gasteiger partial charge in [0, 0.05) is 19.9 Å². The second-order valence-electron chi connectivity index (χ2n) is 4.94. The van der Waals surface area contributed by atoms with Crippen molar-refractivity contribution in [3.05, 3.63) is 32.7 Å². The van der Waals surface area contributed by atoms with Crippen LogP contribution in [0.4, 0.5) is 4.39 Å². The lowest BCUT2D eigenvalue weighted by Crippen LogP contribution is -2.35. The normalized spacial score (nSPS) is 13.2. The van der Waals surface area contributed by atoms with Gasteiger partial charge >= 0.3 is 0 Å². The Morgan fingerprint density at radius 2 is 1.78 bits per heavy atom. The van der Waals surface area contributed by atoms with Crippen molar-refractivity contribution in [2.45, 2.75) is 26.9 Å². The summed E-state index contributed by atoms with van der Waals surface area (Å²) in [5.74, 6) is -1.53. The lowest BCUT2D eigenvalue weighted by atomic mass is 9.86. The molecule has 18 heavy (non-hydrogen) atoms. The van der Waals surface area contributed by atoms with E-state index in [1.165, 1.54) is 6.07 Å². The smallest absolute Gasteiger partial charge is 0.221 e. The molecule has 0 saturated heterocycles. The van der Waals surface area contributed by atoms with Crippen LogP contribution < -0.4 is 0 Å². The molecule has 0 aliphatic heterocycles. The van der Waals surface area contributed by atoms with E-state index in [4.69, 9.17) is 0 Å². The van der Waals surface area contributed by atoms with E-state index in [-0.39, 0.29) is 5.56 Å². The van der Waals surface area contributed by atoms with Crippen molar-refractivity contribution in [1.82, 2.24) is 0 Å². The molecule has 1 aromatic carbocycles. The highest BCUT2D eigenvalue weighted by Gasteiger charge is 2.35. The van der Waals surface area contributed by atoms with Gasteiger partial charge in [-0.05, 0) is 37.9 Å². The fraction of sp³-hybridized carbons (Fsp3) is 0.385. The molecule has 0 heterocycles. The van der Waals surface area contributed by atoms with Crippen molar-refractivity contribution in [1.29, 1.82) is 0 Å². The molecule has 1 aromatic rings. The third kappa shape index (κ3) is 3.26. The van der Waals surface area contributed by atoms with E-state index < -0.39 is 23.2 Å². The highest BCUT2D eigenvalue weighted by atomic mass is 79.9. The van der Waals surface area contributed by atoms with Crippen molar-refractivity contribution >= 4 is 43.4 Å². The van der Waals surface area contributed by atoms with Gasteiger partial charge in [0.2, 0.25) is 12.0 Å². The Bertz CT molecular complexity index is 492. The third-order valence-corrected chi connectivity index (χ3v) is 4.46. The van der Waals surface area contributed by atoms with Crippen LogP contribution in [0.25, 0.3) is 0 Å². The first-order valence-electron chi connectivity index (χ1n) is 5.33. The predicted octanol–water partition coefficient (Wildman–Crippen LogP) is 4.35. The SMILES string of the molecule is CC(C)(C)C(=O)C(F)C(=O)c1cccc(Br)c1Br. The van der Waals surface area contributed by atoms with Crippen LogP contribution in [0.2, 0.25) is 0 Å². The van der Waals surface area contributed by atoms with Crippen LogP contribution in [0.5, 0.6) is 0 Å². The monoisotopic (exact) mass is 378 g/mol. The number of benzene rings is 1. The number of carbonyl (C=O) groups excluding carboxylic acids is 2. The van der Waals surface area contributed by atoms with E-state index >= 15 is 0 Å². The molecule has 0 radical (unpaired) electrons. The minimum absolute atomic E-state index is 0.162. The molecule has 2 nitrogen and oxygen atoms in total. The van der Waals surface area contributed by atoms with Gasteiger partial charge in [-0.15, -0.1) is 0 Å². The Balaban J connectivity index is 3.09. The summed E-state index contributed by atoms with van der Waals surface area (Å²) >= 11 is 6.44. The average molecular weight is 380 g/mol. The number of hydrogen-bond donors (Lipinski definition) is 0. The van der Waals surface area contributed by atoms with Crippen LogP contribution in [0.15, 0.2) is 27.1 Å². The lowest BCUT2D eigenvalue weighted by molar-refractivity contribution is -0.129. The predicted molar refractivity (Wildman–Crippen MR) is 75.5 cm³/mol. The van der Waals surface area contributed by atoms with Crippen molar-refractivity contribution in [3.8, 4) is 0 Å². The zero-order valence-corrected chi connectivity index (χ0v) is 13.4. The fourth-order valence-corrected chi connectivity index (χ4v) is 2.16. The zero-order chi connectivity index (χ0) is 14.1. The molecule has 98 valence electrons. The lowest BCUT2D eigenvalue weighted by Gasteiger charge is -2.19. The first-order chi connectivity index (χ1) is 8.16. The first kappa shape index (κ1) is 15.5. The number of halogens is 3. The average Bonchev–Trinajstić information content (AvgIpc) is 2.28. The van der Waals surface area contributed by atoms with Gasteiger partial charge in [-0.1, -0.05) is 32.9 Å². The maximum Gasteiger partial charge on any atom is 0.221 e. The van der Waals surface area contributed by atoms with Crippen LogP contribution in [0.3, 0.4) is 0 Å². The highest BCUT2D eigenvalue weighted by molar-refractivity contribution is 9.13. The van der Waals surface area contributed by atoms with Gasteiger partial charge in [0.25, 0.3) is 0 Å². The van der Waals surface area contributed by atoms with Gasteiger partial charge in [-0.3, -0.25) is 9.59 Å². The summed E-state index contributed by atoms with van der Waals surface area (Å²) in [6, 6.07) is 4.83. The molecule has 0 aliphatic carbocycles. The molecule has 0 bridgehead atoms. The second kappa shape index (κ2) is 5.61. The second-order valence-corrected chi connectivity index (χ2v) is 6.59. The summed E-state index contributed by atoms with van der Waals surface area (Å²) in [5, 5.41) is 0. The van der Waals surface area contributed by atoms with Crippen LogP contribution in [0, 0.1) is 5.41 Å². The van der Waals surface area contributed by atoms with Crippen molar-refractivity contribution < 1.29 is 14.0 Å². The summed E-state index contributed by atoms with van der Waals surface area (Å²) < 4.78 is 15.0. The number of ketones is 2. The van der Waals surface area contributed by atoms with E-state index in [0.717, 1.165) is 0 Å². The van der Waals surface area contributed by atoms with Crippen molar-refractivity contribution in [2.75, 3.05) is 0 Å². The molecule has 1 atom stereocenters. The molecule has 1 unspecified atom stereocenters. The van der Waals surface area contributed by atoms with Crippen molar-refractivity contribution in [3.63, 3.8) is 0 Å². The standard InChI is InChI=1S/C13H13Br2FO2/c1-13(2,3)12(18)10(16)11(17)7-5-4-6-8(14)9(7)15/h4-6,10H,1-3H3. The van der Waals surface area contributed by atoms with Crippen LogP contribution >= 0.6 is 31.9 Å². The quantitative estimate of drug-likeness (QED) is 0.578. The van der Waals surface area contributed by atoms with Crippen LogP contribution in [-0.4, -0.2) is 17.7 Å². The number of Topliss-reactive ketones (excluding diaryl/α,β-unsaturated/α-hetero) is 2. The summed E-state index contributed by atoms with van der Waals surface area (Å²) in [4.78, 5) is 23.7. The number of hydrogen-bond acceptors (Lipinski definition) is 2. The van der Waals surface area contributed by atoms with Gasteiger partial charge < -0.3 is 0 Å². The molecule has 0 N–H and O–H groups in total. The largest absolute Gasteiger partial charge is 0.295 e. The van der Waals surface area contributed by atoms with Gasteiger partial charge in [0.1, 0.15) is 0 Å². The zero-order valence-electron chi connectivity index (χ0n) is 10.3. The maximum absolute atomic E-state index is 13.9. The molecule has 0 aliphatic rings. The molecule has 0 fully saturated rings. The molecular weight excluding hydrogens is 367 g/mol. The Kier molecular flexibility index (Phi) is 4.84. The van der Waals surface area contributed by atoms with Gasteiger partial charge in [0.05, 0.1) is 0 Å². The minimum Gasteiger partial charge on any atom is -0.295 e. The van der Waals surface area contributed by atoms with Crippen LogP contribution in [0.1, 0.15) is 31.1 Å². The van der Waals surface area contributed by atoms with Gasteiger partial charge in [-0.2, -0.15) is 0 Å². The summed E-state index contributed by atoms with van der Waals surface area (Å²) in [5.41, 5.74) is -0.720. The van der Waals surface area contributed by atoms with Gasteiger partial charge in [-0.25, -0.2) is 4.39 Å². The van der Waals surface area contributed by atoms with Crippen molar-refractivity contribution in [2.24, 2.45) is 5.41 Å². The van der Waals surface area contributed by atoms with E-state index in [0.29, 0.717) is 8.95 Å². The summed E-state index contributed by atoms with van der Waals surface area (Å²) in [7, 11) is 0. The third-order valence-electron chi connectivity index (χ3n) is 2.42. The molecule has 1 rings (SSSR count). The molecule has 0 amide bonds. The summed E-state index contributed by atoms with van der Waals surface area (Å²) in [6.45, 7) is 4.77. The number of alkyl halides is 1. The Morgan fingerprint density at radius 3 is 2.28 bits per heavy atom. The Labute approximate surface area is 122 Å². The van der Waals surface area contributed by atoms with E-state index in [9.17, 15) is 14.0 Å². The highest BCUT2D eigenvalue weighted by Crippen LogP contribution is 2.29. The topological polar surface area (TPSA) is 34.1 Å². The van der Waals surface area contributed by atoms with E-state index in [2.05, 4.69) is 31.9 Å². The molecule has 5 heteroatoms. The van der Waals surface area contributed by atoms with Crippen LogP contribution in [-0.2, 0) is 4.79 Å². The Morgan fingerprint density at radius 1 is 1.22 bits per heavy atom. The van der Waals surface area contributed by atoms with E-state index in [1.807, 2.05) is 0 Å². The number of rotatable bonds is 3. The first-order valence-corrected chi connectivity index (χ1v) is 6.91.